The quantitative estimate of drug-likeness (QED) is 0.122. The van der Waals surface area contributed by atoms with Crippen molar-refractivity contribution in [2.24, 2.45) is 0 Å². The summed E-state index contributed by atoms with van der Waals surface area (Å²) in [6, 6.07) is 73.2. The molecule has 2 heteroatoms. The van der Waals surface area contributed by atoms with E-state index in [-0.39, 0.29) is 0 Å². The van der Waals surface area contributed by atoms with Crippen LogP contribution in [0.25, 0.3) is 86.2 Å². The predicted octanol–water partition coefficient (Wildman–Crippen LogP) is 18.0. The van der Waals surface area contributed by atoms with E-state index in [1.54, 1.807) is 0 Å². The van der Waals surface area contributed by atoms with E-state index in [4.69, 9.17) is 0 Å². The highest BCUT2D eigenvalue weighted by Crippen LogP contribution is 2.54. The van der Waals surface area contributed by atoms with Crippen LogP contribution in [-0.4, -0.2) is 0 Å². The van der Waals surface area contributed by atoms with Crippen molar-refractivity contribution in [3.05, 3.63) is 216 Å². The van der Waals surface area contributed by atoms with Crippen molar-refractivity contribution in [3.63, 3.8) is 0 Å². The van der Waals surface area contributed by atoms with Gasteiger partial charge in [-0.15, -0.1) is 0 Å². The minimum atomic E-state index is 1.14. The molecule has 0 amide bonds. The van der Waals surface area contributed by atoms with Crippen molar-refractivity contribution in [1.82, 2.24) is 0 Å². The molecule has 0 aliphatic carbocycles. The topological polar surface area (TPSA) is 6.48 Å². The number of fused-ring (bicyclic) bond motifs is 6. The summed E-state index contributed by atoms with van der Waals surface area (Å²) in [7, 11) is 0. The zero-order valence-corrected chi connectivity index (χ0v) is 36.4. The molecule has 0 fully saturated rings. The molecule has 0 saturated heterocycles. The molecular weight excluding hydrogens is 773 g/mol. The second-order valence-electron chi connectivity index (χ2n) is 17.9. The summed E-state index contributed by atoms with van der Waals surface area (Å²) >= 11 is 0. The highest BCUT2D eigenvalue weighted by molar-refractivity contribution is 6.49. The number of benzene rings is 13. The maximum atomic E-state index is 2.46. The van der Waals surface area contributed by atoms with Crippen molar-refractivity contribution in [1.29, 1.82) is 0 Å². The maximum Gasteiger partial charge on any atom is 0.0546 e. The lowest BCUT2D eigenvalue weighted by Gasteiger charge is -2.30. The van der Waals surface area contributed by atoms with Gasteiger partial charge < -0.3 is 9.80 Å². The Morgan fingerprint density at radius 2 is 0.469 bits per heavy atom. The van der Waals surface area contributed by atoms with Gasteiger partial charge in [0.25, 0.3) is 0 Å². The average Bonchev–Trinajstić information content (AvgIpc) is 3.32. The normalized spacial score (nSPS) is 12.1. The van der Waals surface area contributed by atoms with Crippen molar-refractivity contribution in [3.8, 4) is 0 Å². The van der Waals surface area contributed by atoms with Gasteiger partial charge in [0.05, 0.1) is 11.4 Å². The number of anilines is 6. The van der Waals surface area contributed by atoms with Gasteiger partial charge in [0.2, 0.25) is 0 Å². The van der Waals surface area contributed by atoms with Crippen LogP contribution in [0, 0.1) is 27.7 Å². The molecule has 2 nitrogen and oxygen atoms in total. The highest BCUT2D eigenvalue weighted by Gasteiger charge is 2.27. The summed E-state index contributed by atoms with van der Waals surface area (Å²) in [4.78, 5) is 4.92. The fourth-order valence-corrected chi connectivity index (χ4v) is 11.0. The van der Waals surface area contributed by atoms with Gasteiger partial charge in [-0.05, 0) is 164 Å². The summed E-state index contributed by atoms with van der Waals surface area (Å²) in [5.41, 5.74) is 11.9. The van der Waals surface area contributed by atoms with Crippen LogP contribution in [0.4, 0.5) is 34.1 Å². The summed E-state index contributed by atoms with van der Waals surface area (Å²) < 4.78 is 0. The van der Waals surface area contributed by atoms with Crippen LogP contribution < -0.4 is 9.80 Å². The largest absolute Gasteiger partial charge is 0.310 e. The highest BCUT2D eigenvalue weighted by atomic mass is 15.1. The Bertz CT molecular complexity index is 3600. The first-order chi connectivity index (χ1) is 31.4. The number of rotatable bonds is 6. The monoisotopic (exact) mass is 816 g/mol. The van der Waals surface area contributed by atoms with Gasteiger partial charge >= 0.3 is 0 Å². The number of nitrogens with zero attached hydrogens (tertiary/aromatic N) is 2. The van der Waals surface area contributed by atoms with Gasteiger partial charge in [0.15, 0.2) is 0 Å². The van der Waals surface area contributed by atoms with Crippen LogP contribution in [0.5, 0.6) is 0 Å². The van der Waals surface area contributed by atoms with Crippen molar-refractivity contribution >= 4 is 120 Å². The first-order valence-electron chi connectivity index (χ1n) is 22.4. The zero-order valence-electron chi connectivity index (χ0n) is 36.4. The van der Waals surface area contributed by atoms with Gasteiger partial charge in [-0.2, -0.15) is 0 Å². The lowest BCUT2D eigenvalue weighted by molar-refractivity contribution is 1.28. The molecule has 0 N–H and O–H groups in total. The molecule has 0 saturated carbocycles. The molecule has 0 bridgehead atoms. The van der Waals surface area contributed by atoms with E-state index >= 15 is 0 Å². The Balaban J connectivity index is 1.21. The fourth-order valence-electron chi connectivity index (χ4n) is 11.0. The molecule has 0 aromatic heterocycles. The van der Waals surface area contributed by atoms with Gasteiger partial charge in [-0.3, -0.25) is 0 Å². The molecule has 64 heavy (non-hydrogen) atoms. The number of aryl methyl sites for hydroxylation is 4. The first-order valence-corrected chi connectivity index (χ1v) is 22.4. The Morgan fingerprint density at radius 1 is 0.219 bits per heavy atom. The minimum Gasteiger partial charge on any atom is -0.310 e. The Morgan fingerprint density at radius 3 is 0.766 bits per heavy atom. The van der Waals surface area contributed by atoms with Crippen LogP contribution in [0.3, 0.4) is 0 Å². The second kappa shape index (κ2) is 13.8. The van der Waals surface area contributed by atoms with Gasteiger partial charge in [0, 0.05) is 33.5 Å². The molecule has 0 aliphatic rings. The lowest BCUT2D eigenvalue weighted by atomic mass is 9.81. The molecular formula is C62H44N2. The zero-order chi connectivity index (χ0) is 42.8. The fraction of sp³-hybridized carbons (Fsp3) is 0.0645. The Labute approximate surface area is 372 Å². The van der Waals surface area contributed by atoms with Crippen LogP contribution in [-0.2, 0) is 0 Å². The van der Waals surface area contributed by atoms with Gasteiger partial charge in [-0.25, -0.2) is 0 Å². The molecule has 0 heterocycles. The van der Waals surface area contributed by atoms with Crippen LogP contribution in [0.2, 0.25) is 0 Å². The molecule has 0 spiro atoms. The standard InChI is InChI=1S/C62H44N2/c1-37-17-27-43(28-18-37)63(44-29-19-38(2)20-30-44)53-35-25-41-9-5-11-47-55(41)61(53)51-15-7-13-49-58-48-12-6-10-42-26-36-54(62(56(42)48)52-16-8-14-50(60(52)58)57(47)59(49)51)64(45-31-21-39(3)22-32-45)46-33-23-40(4)24-34-46/h5-36H,1-4H3. The molecule has 13 aromatic carbocycles. The third-order valence-electron chi connectivity index (χ3n) is 13.9. The van der Waals surface area contributed by atoms with E-state index < -0.39 is 0 Å². The average molecular weight is 817 g/mol. The molecule has 13 aromatic rings. The molecule has 0 unspecified atom stereocenters. The van der Waals surface area contributed by atoms with E-state index in [0.717, 1.165) is 22.7 Å². The van der Waals surface area contributed by atoms with E-state index in [9.17, 15) is 0 Å². The molecule has 302 valence electrons. The summed E-state index contributed by atoms with van der Waals surface area (Å²) in [6.07, 6.45) is 0. The summed E-state index contributed by atoms with van der Waals surface area (Å²) in [6.45, 7) is 8.65. The van der Waals surface area contributed by atoms with Crippen LogP contribution in [0.15, 0.2) is 194 Å². The number of hydrogen-bond donors (Lipinski definition) is 0. The summed E-state index contributed by atoms with van der Waals surface area (Å²) in [5, 5.41) is 20.6. The van der Waals surface area contributed by atoms with Crippen LogP contribution in [0.1, 0.15) is 22.3 Å². The third kappa shape index (κ3) is 5.26. The van der Waals surface area contributed by atoms with E-state index in [0.29, 0.717) is 0 Å². The summed E-state index contributed by atoms with van der Waals surface area (Å²) in [5.74, 6) is 0. The van der Waals surface area contributed by atoms with Gasteiger partial charge in [-0.1, -0.05) is 156 Å². The van der Waals surface area contributed by atoms with Gasteiger partial charge in [0.1, 0.15) is 0 Å². The Hall–Kier alpha value is -7.94. The van der Waals surface area contributed by atoms with E-state index in [1.807, 2.05) is 0 Å². The molecule has 0 aliphatic heterocycles. The minimum absolute atomic E-state index is 1.14. The maximum absolute atomic E-state index is 2.46. The number of hydrogen-bond acceptors (Lipinski definition) is 2. The van der Waals surface area contributed by atoms with Crippen molar-refractivity contribution in [2.45, 2.75) is 27.7 Å². The van der Waals surface area contributed by atoms with E-state index in [2.05, 4.69) is 232 Å². The first kappa shape index (κ1) is 36.7. The van der Waals surface area contributed by atoms with Crippen LogP contribution >= 0.6 is 0 Å². The third-order valence-corrected chi connectivity index (χ3v) is 13.9. The Kier molecular flexibility index (Phi) is 7.90. The molecule has 13 rings (SSSR count). The van der Waals surface area contributed by atoms with Crippen molar-refractivity contribution < 1.29 is 0 Å². The molecule has 0 atom stereocenters. The predicted molar refractivity (Wildman–Crippen MR) is 277 cm³/mol. The molecule has 0 radical (unpaired) electrons. The van der Waals surface area contributed by atoms with Crippen molar-refractivity contribution in [2.75, 3.05) is 9.80 Å². The second-order valence-corrected chi connectivity index (χ2v) is 17.9. The smallest absolute Gasteiger partial charge is 0.0546 e. The SMILES string of the molecule is Cc1ccc(N(c2ccc(C)cc2)c2ccc3cccc4c3c2c2cccc3c2c4c2cccc4c5c(N(c6ccc(C)cc6)c6ccc(C)cc6)ccc6cccc(c65)c3c42)cc1. The lowest BCUT2D eigenvalue weighted by Crippen LogP contribution is -2.11. The van der Waals surface area contributed by atoms with E-state index in [1.165, 1.54) is 120 Å².